The lowest BCUT2D eigenvalue weighted by Crippen LogP contribution is -2.50. The van der Waals surface area contributed by atoms with Crippen LogP contribution >= 0.6 is 0 Å². The third-order valence-electron chi connectivity index (χ3n) is 4.21. The molecule has 0 bridgehead atoms. The van der Waals surface area contributed by atoms with Gasteiger partial charge < -0.3 is 15.3 Å². The molecule has 4 heteroatoms. The van der Waals surface area contributed by atoms with Crippen LogP contribution in [0.25, 0.3) is 0 Å². The first-order chi connectivity index (χ1) is 8.58. The van der Waals surface area contributed by atoms with Gasteiger partial charge in [-0.1, -0.05) is 6.92 Å². The fourth-order valence-corrected chi connectivity index (χ4v) is 3.14. The van der Waals surface area contributed by atoms with E-state index in [1.807, 2.05) is 0 Å². The molecule has 1 aliphatic carbocycles. The van der Waals surface area contributed by atoms with Crippen LogP contribution in [0.4, 0.5) is 0 Å². The van der Waals surface area contributed by atoms with Crippen LogP contribution in [0, 0.1) is 11.8 Å². The van der Waals surface area contributed by atoms with Gasteiger partial charge in [0.25, 0.3) is 0 Å². The summed E-state index contributed by atoms with van der Waals surface area (Å²) in [5, 5.41) is 13.1. The first kappa shape index (κ1) is 13.8. The Labute approximate surface area is 110 Å². The van der Waals surface area contributed by atoms with Crippen LogP contribution in [0.5, 0.6) is 0 Å². The Morgan fingerprint density at radius 2 is 2.17 bits per heavy atom. The molecule has 0 radical (unpaired) electrons. The number of carbonyl (C=O) groups is 1. The average molecular weight is 254 g/mol. The highest BCUT2D eigenvalue weighted by Crippen LogP contribution is 2.36. The number of hydrogen-bond donors (Lipinski definition) is 2. The molecule has 2 rings (SSSR count). The molecule has 0 aromatic carbocycles. The highest BCUT2D eigenvalue weighted by atomic mass is 16.3. The monoisotopic (exact) mass is 254 g/mol. The van der Waals surface area contributed by atoms with E-state index in [-0.39, 0.29) is 18.1 Å². The van der Waals surface area contributed by atoms with Crippen molar-refractivity contribution in [3.8, 4) is 0 Å². The second kappa shape index (κ2) is 6.02. The molecule has 0 spiro atoms. The van der Waals surface area contributed by atoms with Gasteiger partial charge >= 0.3 is 0 Å². The molecule has 1 saturated heterocycles. The van der Waals surface area contributed by atoms with Crippen molar-refractivity contribution >= 4 is 5.91 Å². The van der Waals surface area contributed by atoms with E-state index in [1.54, 1.807) is 6.92 Å². The number of aliphatic hydroxyl groups is 1. The van der Waals surface area contributed by atoms with Crippen molar-refractivity contribution in [2.75, 3.05) is 19.6 Å². The van der Waals surface area contributed by atoms with Gasteiger partial charge in [-0.15, -0.1) is 0 Å². The molecule has 1 heterocycles. The number of nitrogens with zero attached hydrogens (tertiary/aromatic N) is 1. The summed E-state index contributed by atoms with van der Waals surface area (Å²) in [6.45, 7) is 6.78. The third kappa shape index (κ3) is 3.95. The van der Waals surface area contributed by atoms with E-state index < -0.39 is 0 Å². The fraction of sp³-hybridized carbons (Fsp3) is 0.929. The first-order valence-corrected chi connectivity index (χ1v) is 7.26. The van der Waals surface area contributed by atoms with Crippen LogP contribution in [0.15, 0.2) is 0 Å². The molecule has 1 aliphatic heterocycles. The minimum atomic E-state index is -0.121. The summed E-state index contributed by atoms with van der Waals surface area (Å²) in [6.07, 6.45) is 4.18. The van der Waals surface area contributed by atoms with Gasteiger partial charge in [0, 0.05) is 26.1 Å². The van der Waals surface area contributed by atoms with Crippen molar-refractivity contribution in [3.05, 3.63) is 0 Å². The minimum Gasteiger partial charge on any atom is -0.393 e. The Hall–Kier alpha value is -0.610. The van der Waals surface area contributed by atoms with Gasteiger partial charge in [-0.2, -0.15) is 0 Å². The molecule has 1 amide bonds. The molecule has 104 valence electrons. The number of rotatable bonds is 5. The van der Waals surface area contributed by atoms with Crippen LogP contribution in [0.2, 0.25) is 0 Å². The molecule has 2 fully saturated rings. The lowest BCUT2D eigenvalue weighted by Gasteiger charge is -2.38. The highest BCUT2D eigenvalue weighted by Gasteiger charge is 2.34. The zero-order valence-corrected chi connectivity index (χ0v) is 11.6. The van der Waals surface area contributed by atoms with Crippen LogP contribution in [-0.2, 0) is 4.79 Å². The summed E-state index contributed by atoms with van der Waals surface area (Å²) in [6, 6.07) is 0.257. The SMILES string of the molecule is CCN1CC(CC(O)C2CC2)CC(NC(C)=O)C1. The maximum Gasteiger partial charge on any atom is 0.217 e. The van der Waals surface area contributed by atoms with Crippen molar-refractivity contribution in [1.29, 1.82) is 0 Å². The summed E-state index contributed by atoms with van der Waals surface area (Å²) in [7, 11) is 0. The molecule has 1 saturated carbocycles. The molecule has 3 atom stereocenters. The Kier molecular flexibility index (Phi) is 4.62. The Morgan fingerprint density at radius 1 is 1.44 bits per heavy atom. The van der Waals surface area contributed by atoms with Crippen LogP contribution in [0.1, 0.15) is 39.5 Å². The quantitative estimate of drug-likeness (QED) is 0.769. The predicted molar refractivity (Wildman–Crippen MR) is 71.2 cm³/mol. The van der Waals surface area contributed by atoms with Crippen molar-refractivity contribution in [2.45, 2.75) is 51.7 Å². The summed E-state index contributed by atoms with van der Waals surface area (Å²) in [5.41, 5.74) is 0. The van der Waals surface area contributed by atoms with Crippen LogP contribution < -0.4 is 5.32 Å². The number of piperidine rings is 1. The number of likely N-dealkylation sites (tertiary alicyclic amines) is 1. The van der Waals surface area contributed by atoms with E-state index in [4.69, 9.17) is 0 Å². The molecule has 2 aliphatic rings. The van der Waals surface area contributed by atoms with Crippen LogP contribution in [0.3, 0.4) is 0 Å². The van der Waals surface area contributed by atoms with Gasteiger partial charge in [-0.05, 0) is 44.1 Å². The van der Waals surface area contributed by atoms with E-state index in [0.717, 1.165) is 32.5 Å². The van der Waals surface area contributed by atoms with Gasteiger partial charge in [0.1, 0.15) is 0 Å². The summed E-state index contributed by atoms with van der Waals surface area (Å²) in [5.74, 6) is 1.13. The second-order valence-corrected chi connectivity index (χ2v) is 5.99. The summed E-state index contributed by atoms with van der Waals surface area (Å²) in [4.78, 5) is 13.6. The lowest BCUT2D eigenvalue weighted by atomic mass is 9.88. The first-order valence-electron chi connectivity index (χ1n) is 7.26. The molecule has 4 nitrogen and oxygen atoms in total. The standard InChI is InChI=1S/C14H26N2O2/c1-3-16-8-11(7-14(18)12-4-5-12)6-13(9-16)15-10(2)17/h11-14,18H,3-9H2,1-2H3,(H,15,17). The van der Waals surface area contributed by atoms with E-state index in [1.165, 1.54) is 12.8 Å². The Morgan fingerprint density at radius 3 is 2.72 bits per heavy atom. The van der Waals surface area contributed by atoms with E-state index in [9.17, 15) is 9.90 Å². The normalized spacial score (nSPS) is 31.1. The molecule has 3 unspecified atom stereocenters. The van der Waals surface area contributed by atoms with E-state index in [0.29, 0.717) is 11.8 Å². The third-order valence-corrected chi connectivity index (χ3v) is 4.21. The highest BCUT2D eigenvalue weighted by molar-refractivity contribution is 5.73. The number of nitrogens with one attached hydrogen (secondary N) is 1. The van der Waals surface area contributed by atoms with Crippen molar-refractivity contribution in [3.63, 3.8) is 0 Å². The lowest BCUT2D eigenvalue weighted by molar-refractivity contribution is -0.120. The zero-order chi connectivity index (χ0) is 13.1. The van der Waals surface area contributed by atoms with Gasteiger partial charge in [-0.3, -0.25) is 4.79 Å². The largest absolute Gasteiger partial charge is 0.393 e. The summed E-state index contributed by atoms with van der Waals surface area (Å²) < 4.78 is 0. The van der Waals surface area contributed by atoms with Gasteiger partial charge in [0.2, 0.25) is 5.91 Å². The molecule has 0 aromatic rings. The molecule has 2 N–H and O–H groups in total. The minimum absolute atomic E-state index is 0.0550. The van der Waals surface area contributed by atoms with Crippen molar-refractivity contribution < 1.29 is 9.90 Å². The number of amides is 1. The van der Waals surface area contributed by atoms with Crippen LogP contribution in [-0.4, -0.2) is 47.7 Å². The van der Waals surface area contributed by atoms with Crippen molar-refractivity contribution in [1.82, 2.24) is 10.2 Å². The molecular formula is C14H26N2O2. The summed E-state index contributed by atoms with van der Waals surface area (Å²) >= 11 is 0. The van der Waals surface area contributed by atoms with Crippen molar-refractivity contribution in [2.24, 2.45) is 11.8 Å². The predicted octanol–water partition coefficient (Wildman–Crippen LogP) is 0.994. The van der Waals surface area contributed by atoms with Gasteiger partial charge in [-0.25, -0.2) is 0 Å². The van der Waals surface area contributed by atoms with Gasteiger partial charge in [0.05, 0.1) is 6.10 Å². The Bertz CT molecular complexity index is 292. The van der Waals surface area contributed by atoms with Gasteiger partial charge in [0.15, 0.2) is 0 Å². The number of carbonyl (C=O) groups excluding carboxylic acids is 1. The fourth-order valence-electron chi connectivity index (χ4n) is 3.14. The molecule has 0 aromatic heterocycles. The smallest absolute Gasteiger partial charge is 0.217 e. The maximum atomic E-state index is 11.2. The number of likely N-dealkylation sites (N-methyl/N-ethyl adjacent to an activating group) is 1. The average Bonchev–Trinajstić information content (AvgIpc) is 3.11. The van der Waals surface area contributed by atoms with E-state index >= 15 is 0 Å². The van der Waals surface area contributed by atoms with E-state index in [2.05, 4.69) is 17.1 Å². The molecular weight excluding hydrogens is 228 g/mol. The maximum absolute atomic E-state index is 11.2. The zero-order valence-electron chi connectivity index (χ0n) is 11.6. The number of aliphatic hydroxyl groups excluding tert-OH is 1. The topological polar surface area (TPSA) is 52.6 Å². The Balaban J connectivity index is 1.85. The second-order valence-electron chi connectivity index (χ2n) is 5.99. The number of hydrogen-bond acceptors (Lipinski definition) is 3. The molecule has 18 heavy (non-hydrogen) atoms.